The molecule has 0 aliphatic heterocycles. The van der Waals surface area contributed by atoms with Crippen molar-refractivity contribution in [2.24, 2.45) is 0 Å². The average molecular weight is 665 g/mol. The average Bonchev–Trinajstić information content (AvgIpc) is 3.53. The Labute approximate surface area is 304 Å². The zero-order chi connectivity index (χ0) is 34.6. The van der Waals surface area contributed by atoms with Gasteiger partial charge in [0.2, 0.25) is 0 Å². The van der Waals surface area contributed by atoms with Crippen LogP contribution in [0.5, 0.6) is 0 Å². The number of rotatable bonds is 5. The second kappa shape index (κ2) is 12.4. The standard InChI is InChI=1S/C50H36N2/c51-44-27-12-7-15-32(44)20-13-28-45-37-22-9-8-21-35(37)43(31-52-45)36-29-30-42-48-38(36)25-14-26-41(48)49-46(33-16-3-1-4-17-33)39-23-10-11-24-40(39)47(50(42)49)34-18-5-2-6-19-34/h1-7,10-20,23-31,51H,8-9,21-22H2/b28-13+,32-20-,51-44?. The van der Waals surface area contributed by atoms with Gasteiger partial charge in [0.05, 0.1) is 11.4 Å². The molecule has 0 unspecified atom stereocenters. The molecule has 0 spiro atoms. The number of fused-ring (bicyclic) bond motifs is 5. The van der Waals surface area contributed by atoms with Crippen molar-refractivity contribution in [3.05, 3.63) is 180 Å². The molecule has 2 nitrogen and oxygen atoms in total. The number of nitrogens with zero attached hydrogens (tertiary/aromatic N) is 1. The Morgan fingerprint density at radius 1 is 0.519 bits per heavy atom. The predicted molar refractivity (Wildman–Crippen MR) is 220 cm³/mol. The molecule has 0 saturated heterocycles. The van der Waals surface area contributed by atoms with Gasteiger partial charge in [0, 0.05) is 11.8 Å². The number of hydrogen-bond donors (Lipinski definition) is 1. The van der Waals surface area contributed by atoms with Gasteiger partial charge in [0.1, 0.15) is 0 Å². The van der Waals surface area contributed by atoms with Crippen LogP contribution in [0.1, 0.15) is 29.7 Å². The molecule has 10 rings (SSSR count). The number of aromatic nitrogens is 1. The van der Waals surface area contributed by atoms with Crippen molar-refractivity contribution in [3.63, 3.8) is 0 Å². The summed E-state index contributed by atoms with van der Waals surface area (Å²) in [6, 6.07) is 42.5. The molecule has 1 aromatic heterocycles. The summed E-state index contributed by atoms with van der Waals surface area (Å²) in [5.74, 6) is 0. The van der Waals surface area contributed by atoms with Crippen LogP contribution in [-0.4, -0.2) is 10.7 Å². The van der Waals surface area contributed by atoms with Gasteiger partial charge in [-0.3, -0.25) is 4.98 Å². The Hall–Kier alpha value is -6.38. The molecule has 0 atom stereocenters. The van der Waals surface area contributed by atoms with E-state index in [1.807, 2.05) is 30.4 Å². The molecule has 0 radical (unpaired) electrons. The quantitative estimate of drug-likeness (QED) is 0.195. The van der Waals surface area contributed by atoms with Crippen molar-refractivity contribution in [1.29, 1.82) is 5.41 Å². The first-order valence-electron chi connectivity index (χ1n) is 18.4. The molecule has 7 aromatic rings. The Balaban J connectivity index is 1.20. The number of nitrogens with one attached hydrogen (secondary N) is 1. The summed E-state index contributed by atoms with van der Waals surface area (Å²) in [5.41, 5.74) is 18.1. The van der Waals surface area contributed by atoms with Gasteiger partial charge in [-0.05, 0) is 126 Å². The minimum absolute atomic E-state index is 0.534. The van der Waals surface area contributed by atoms with Gasteiger partial charge in [-0.25, -0.2) is 0 Å². The number of pyridine rings is 1. The molecular weight excluding hydrogens is 629 g/mol. The van der Waals surface area contributed by atoms with Gasteiger partial charge in [0.25, 0.3) is 0 Å². The van der Waals surface area contributed by atoms with Crippen molar-refractivity contribution in [3.8, 4) is 55.6 Å². The fourth-order valence-electron chi connectivity index (χ4n) is 8.88. The summed E-state index contributed by atoms with van der Waals surface area (Å²) < 4.78 is 0. The lowest BCUT2D eigenvalue weighted by molar-refractivity contribution is 0.682. The normalized spacial score (nSPS) is 15.2. The van der Waals surface area contributed by atoms with E-state index in [1.165, 1.54) is 101 Å². The summed E-state index contributed by atoms with van der Waals surface area (Å²) in [4.78, 5) is 5.12. The number of allylic oxidation sites excluding steroid dienone is 7. The highest BCUT2D eigenvalue weighted by Crippen LogP contribution is 2.58. The molecule has 3 aliphatic rings. The van der Waals surface area contributed by atoms with Crippen LogP contribution in [0.15, 0.2) is 163 Å². The topological polar surface area (TPSA) is 36.7 Å². The van der Waals surface area contributed by atoms with E-state index < -0.39 is 0 Å². The summed E-state index contributed by atoms with van der Waals surface area (Å²) in [6.45, 7) is 0. The van der Waals surface area contributed by atoms with Gasteiger partial charge < -0.3 is 5.41 Å². The molecule has 6 aromatic carbocycles. The fraction of sp³-hybridized carbons (Fsp3) is 0.0800. The monoisotopic (exact) mass is 664 g/mol. The molecule has 0 fully saturated rings. The van der Waals surface area contributed by atoms with Gasteiger partial charge in [0.15, 0.2) is 0 Å². The molecule has 1 heterocycles. The fourth-order valence-corrected chi connectivity index (χ4v) is 8.88. The van der Waals surface area contributed by atoms with E-state index in [-0.39, 0.29) is 0 Å². The molecule has 246 valence electrons. The first kappa shape index (κ1) is 30.4. The van der Waals surface area contributed by atoms with Crippen molar-refractivity contribution < 1.29 is 0 Å². The van der Waals surface area contributed by atoms with Crippen LogP contribution in [0, 0.1) is 5.41 Å². The molecule has 0 amide bonds. The second-order valence-electron chi connectivity index (χ2n) is 14.0. The van der Waals surface area contributed by atoms with Gasteiger partial charge in [-0.15, -0.1) is 0 Å². The molecule has 52 heavy (non-hydrogen) atoms. The van der Waals surface area contributed by atoms with Crippen molar-refractivity contribution >= 4 is 33.3 Å². The van der Waals surface area contributed by atoms with E-state index in [4.69, 9.17) is 10.4 Å². The minimum Gasteiger partial charge on any atom is -0.300 e. The summed E-state index contributed by atoms with van der Waals surface area (Å²) in [6.07, 6.45) is 20.5. The Morgan fingerprint density at radius 3 is 1.81 bits per heavy atom. The predicted octanol–water partition coefficient (Wildman–Crippen LogP) is 13.0. The minimum atomic E-state index is 0.534. The molecule has 3 aliphatic carbocycles. The van der Waals surface area contributed by atoms with Crippen LogP contribution in [0.3, 0.4) is 0 Å². The second-order valence-corrected chi connectivity index (χ2v) is 14.0. The molecular formula is C50H36N2. The van der Waals surface area contributed by atoms with E-state index in [1.54, 1.807) is 0 Å². The van der Waals surface area contributed by atoms with E-state index in [9.17, 15) is 0 Å². The molecule has 2 heteroatoms. The molecule has 0 bridgehead atoms. The first-order valence-corrected chi connectivity index (χ1v) is 18.4. The largest absolute Gasteiger partial charge is 0.300 e. The maximum atomic E-state index is 8.24. The van der Waals surface area contributed by atoms with E-state index in [0.717, 1.165) is 24.1 Å². The lowest BCUT2D eigenvalue weighted by Crippen LogP contribution is -2.08. The third-order valence-corrected chi connectivity index (χ3v) is 11.1. The van der Waals surface area contributed by atoms with Crippen LogP contribution >= 0.6 is 0 Å². The number of benzene rings is 6. The van der Waals surface area contributed by atoms with Gasteiger partial charge in [-0.2, -0.15) is 0 Å². The van der Waals surface area contributed by atoms with Gasteiger partial charge in [-0.1, -0.05) is 146 Å². The summed E-state index contributed by atoms with van der Waals surface area (Å²) >= 11 is 0. The Bertz CT molecular complexity index is 2630. The van der Waals surface area contributed by atoms with Crippen LogP contribution in [0.2, 0.25) is 0 Å². The van der Waals surface area contributed by atoms with Crippen LogP contribution < -0.4 is 0 Å². The first-order chi connectivity index (χ1) is 25.8. The smallest absolute Gasteiger partial charge is 0.0664 e. The maximum absolute atomic E-state index is 8.24. The van der Waals surface area contributed by atoms with E-state index in [2.05, 4.69) is 134 Å². The highest BCUT2D eigenvalue weighted by atomic mass is 14.7. The third-order valence-electron chi connectivity index (χ3n) is 11.1. The highest BCUT2D eigenvalue weighted by Gasteiger charge is 2.31. The summed E-state index contributed by atoms with van der Waals surface area (Å²) in [7, 11) is 0. The molecule has 0 saturated carbocycles. The SMILES string of the molecule is N=C1C=CC=C/C1=C/C=C/c1ncc(-c2ccc3c4c(cccc24)-c2c-3c(-c3ccccc3)c3ccccc3c2-c2ccccc2)c2c1CCCC2. The van der Waals surface area contributed by atoms with Crippen molar-refractivity contribution in [2.75, 3.05) is 0 Å². The van der Waals surface area contributed by atoms with E-state index in [0.29, 0.717) is 5.71 Å². The lowest BCUT2D eigenvalue weighted by atomic mass is 9.82. The third kappa shape index (κ3) is 4.79. The van der Waals surface area contributed by atoms with E-state index >= 15 is 0 Å². The van der Waals surface area contributed by atoms with Gasteiger partial charge >= 0.3 is 0 Å². The summed E-state index contributed by atoms with van der Waals surface area (Å²) in [5, 5.41) is 13.4. The highest BCUT2D eigenvalue weighted by molar-refractivity contribution is 6.28. The Morgan fingerprint density at radius 2 is 1.12 bits per heavy atom. The zero-order valence-corrected chi connectivity index (χ0v) is 28.9. The van der Waals surface area contributed by atoms with Crippen molar-refractivity contribution in [1.82, 2.24) is 4.98 Å². The molecule has 1 N–H and O–H groups in total. The zero-order valence-electron chi connectivity index (χ0n) is 28.9. The van der Waals surface area contributed by atoms with Crippen LogP contribution in [0.4, 0.5) is 0 Å². The van der Waals surface area contributed by atoms with Crippen LogP contribution in [0.25, 0.3) is 83.3 Å². The lowest BCUT2D eigenvalue weighted by Gasteiger charge is -2.22. The number of hydrogen-bond acceptors (Lipinski definition) is 2. The van der Waals surface area contributed by atoms with Crippen molar-refractivity contribution in [2.45, 2.75) is 25.7 Å². The maximum Gasteiger partial charge on any atom is 0.0664 e. The van der Waals surface area contributed by atoms with Crippen LogP contribution in [-0.2, 0) is 12.8 Å². The Kier molecular flexibility index (Phi) is 7.28.